The summed E-state index contributed by atoms with van der Waals surface area (Å²) < 4.78 is 0. The van der Waals surface area contributed by atoms with Gasteiger partial charge in [-0.2, -0.15) is 0 Å². The van der Waals surface area contributed by atoms with Crippen molar-refractivity contribution in [3.05, 3.63) is 0 Å². The smallest absolute Gasteiger partial charge is 0.237 e. The average molecular weight is 335 g/mol. The zero-order chi connectivity index (χ0) is 16.9. The first-order valence-corrected chi connectivity index (χ1v) is 10.2. The largest absolute Gasteiger partial charge is 0.393 e. The van der Waals surface area contributed by atoms with Gasteiger partial charge >= 0.3 is 0 Å². The van der Waals surface area contributed by atoms with E-state index in [2.05, 4.69) is 17.1 Å². The molecule has 5 rings (SSSR count). The predicted molar refractivity (Wildman–Crippen MR) is 94.5 cm³/mol. The molecule has 4 aliphatic carbocycles. The molecule has 0 aromatic rings. The quantitative estimate of drug-likeness (QED) is 0.831. The Balaban J connectivity index is 1.35. The summed E-state index contributed by atoms with van der Waals surface area (Å²) in [4.78, 5) is 15.3. The van der Waals surface area contributed by atoms with Crippen molar-refractivity contribution in [3.8, 4) is 0 Å². The second kappa shape index (κ2) is 6.28. The van der Waals surface area contributed by atoms with Gasteiger partial charge in [-0.1, -0.05) is 0 Å². The van der Waals surface area contributed by atoms with E-state index in [0.717, 1.165) is 43.7 Å². The number of nitrogens with zero attached hydrogens (tertiary/aromatic N) is 1. The molecule has 5 fully saturated rings. The monoisotopic (exact) mass is 334 g/mol. The maximum Gasteiger partial charge on any atom is 0.237 e. The summed E-state index contributed by atoms with van der Waals surface area (Å²) in [5.41, 5.74) is 0.123. The summed E-state index contributed by atoms with van der Waals surface area (Å²) >= 11 is 0. The van der Waals surface area contributed by atoms with Crippen molar-refractivity contribution in [1.29, 1.82) is 0 Å². The van der Waals surface area contributed by atoms with E-state index in [4.69, 9.17) is 0 Å². The minimum atomic E-state index is -0.219. The Morgan fingerprint density at radius 1 is 1.04 bits per heavy atom. The van der Waals surface area contributed by atoms with Gasteiger partial charge in [0.2, 0.25) is 5.91 Å². The molecule has 2 unspecified atom stereocenters. The summed E-state index contributed by atoms with van der Waals surface area (Å²) in [6.45, 7) is 5.83. The molecule has 4 nitrogen and oxygen atoms in total. The van der Waals surface area contributed by atoms with Crippen LogP contribution >= 0.6 is 0 Å². The van der Waals surface area contributed by atoms with Crippen LogP contribution in [0.15, 0.2) is 0 Å². The summed E-state index contributed by atoms with van der Waals surface area (Å²) in [5, 5.41) is 13.3. The van der Waals surface area contributed by atoms with E-state index in [9.17, 15) is 9.90 Å². The average Bonchev–Trinajstić information content (AvgIpc) is 2.52. The molecule has 1 aliphatic heterocycles. The fourth-order valence-electron chi connectivity index (χ4n) is 6.58. The molecule has 1 heterocycles. The highest BCUT2D eigenvalue weighted by Crippen LogP contribution is 2.55. The third-order valence-corrected chi connectivity index (χ3v) is 7.61. The number of carbonyl (C=O) groups excluding carboxylic acids is 1. The van der Waals surface area contributed by atoms with Crippen LogP contribution < -0.4 is 5.32 Å². The van der Waals surface area contributed by atoms with Gasteiger partial charge in [-0.05, 0) is 102 Å². The third kappa shape index (κ3) is 3.12. The number of hydrogen-bond donors (Lipinski definition) is 2. The van der Waals surface area contributed by atoms with Crippen molar-refractivity contribution in [3.63, 3.8) is 0 Å². The molecular weight excluding hydrogens is 300 g/mol. The first kappa shape index (κ1) is 16.8. The van der Waals surface area contributed by atoms with Gasteiger partial charge in [-0.25, -0.2) is 0 Å². The van der Waals surface area contributed by atoms with Crippen LogP contribution in [0.25, 0.3) is 0 Å². The molecule has 5 aliphatic rings. The van der Waals surface area contributed by atoms with Crippen molar-refractivity contribution >= 4 is 5.91 Å². The van der Waals surface area contributed by atoms with Crippen molar-refractivity contribution < 1.29 is 9.90 Å². The molecule has 2 atom stereocenters. The molecule has 0 aromatic heterocycles. The number of aliphatic hydroxyl groups is 1. The van der Waals surface area contributed by atoms with E-state index in [-0.39, 0.29) is 23.6 Å². The molecule has 4 bridgehead atoms. The van der Waals surface area contributed by atoms with Gasteiger partial charge in [-0.15, -0.1) is 0 Å². The Morgan fingerprint density at radius 2 is 1.54 bits per heavy atom. The lowest BCUT2D eigenvalue weighted by molar-refractivity contribution is -0.132. The first-order chi connectivity index (χ1) is 11.4. The van der Waals surface area contributed by atoms with Gasteiger partial charge in [-0.3, -0.25) is 9.69 Å². The lowest BCUT2D eigenvalue weighted by Gasteiger charge is -2.57. The Bertz CT molecular complexity index is 447. The maximum atomic E-state index is 12.9. The standard InChI is InChI=1S/C20H34N2O2/c1-13(22-5-3-18(4-6-22)14(2)23)19(24)21-20-10-15-7-16(11-20)9-17(8-15)12-20/h13-18,23H,3-12H2,1-2H3,(H,21,24). The van der Waals surface area contributed by atoms with Gasteiger partial charge in [0, 0.05) is 5.54 Å². The molecule has 0 spiro atoms. The number of amides is 1. The lowest BCUT2D eigenvalue weighted by Crippen LogP contribution is -2.62. The SMILES string of the molecule is CC(O)C1CCN(C(C)C(=O)NC23CC4CC(CC(C4)C2)C3)CC1. The molecule has 0 aromatic carbocycles. The minimum Gasteiger partial charge on any atom is -0.393 e. The summed E-state index contributed by atoms with van der Waals surface area (Å²) in [6, 6.07) is -0.0343. The topological polar surface area (TPSA) is 52.6 Å². The molecule has 1 amide bonds. The minimum absolute atomic E-state index is 0.0343. The van der Waals surface area contributed by atoms with Gasteiger partial charge in [0.15, 0.2) is 0 Å². The van der Waals surface area contributed by atoms with E-state index in [1.807, 2.05) is 6.92 Å². The van der Waals surface area contributed by atoms with Crippen molar-refractivity contribution in [2.24, 2.45) is 23.7 Å². The fourth-order valence-corrected chi connectivity index (χ4v) is 6.58. The van der Waals surface area contributed by atoms with Crippen LogP contribution in [0, 0.1) is 23.7 Å². The lowest BCUT2D eigenvalue weighted by atomic mass is 9.53. The first-order valence-electron chi connectivity index (χ1n) is 10.2. The molecule has 4 heteroatoms. The van der Waals surface area contributed by atoms with Crippen LogP contribution in [0.4, 0.5) is 0 Å². The zero-order valence-electron chi connectivity index (χ0n) is 15.3. The van der Waals surface area contributed by atoms with Crippen molar-refractivity contribution in [1.82, 2.24) is 10.2 Å². The number of rotatable bonds is 4. The highest BCUT2D eigenvalue weighted by Gasteiger charge is 2.51. The number of likely N-dealkylation sites (tertiary alicyclic amines) is 1. The van der Waals surface area contributed by atoms with E-state index < -0.39 is 0 Å². The van der Waals surface area contributed by atoms with Crippen LogP contribution in [0.3, 0.4) is 0 Å². The van der Waals surface area contributed by atoms with Crippen LogP contribution in [-0.4, -0.2) is 46.7 Å². The number of hydrogen-bond acceptors (Lipinski definition) is 3. The van der Waals surface area contributed by atoms with Crippen molar-refractivity contribution in [2.45, 2.75) is 82.9 Å². The van der Waals surface area contributed by atoms with Gasteiger partial charge < -0.3 is 10.4 Å². The Hall–Kier alpha value is -0.610. The summed E-state index contributed by atoms with van der Waals surface area (Å²) in [5.74, 6) is 3.25. The molecule has 1 saturated heterocycles. The maximum absolute atomic E-state index is 12.9. The van der Waals surface area contributed by atoms with Crippen LogP contribution in [0.1, 0.15) is 65.2 Å². The van der Waals surface area contributed by atoms with Crippen LogP contribution in [0.2, 0.25) is 0 Å². The fraction of sp³-hybridized carbons (Fsp3) is 0.950. The normalized spacial score (nSPS) is 42.0. The number of aliphatic hydroxyl groups excluding tert-OH is 1. The second-order valence-corrected chi connectivity index (χ2v) is 9.48. The van der Waals surface area contributed by atoms with Gasteiger partial charge in [0.25, 0.3) is 0 Å². The van der Waals surface area contributed by atoms with Crippen LogP contribution in [-0.2, 0) is 4.79 Å². The van der Waals surface area contributed by atoms with E-state index in [1.165, 1.54) is 38.5 Å². The van der Waals surface area contributed by atoms with E-state index in [0.29, 0.717) is 5.92 Å². The van der Waals surface area contributed by atoms with Gasteiger partial charge in [0.1, 0.15) is 0 Å². The highest BCUT2D eigenvalue weighted by atomic mass is 16.3. The van der Waals surface area contributed by atoms with Gasteiger partial charge in [0.05, 0.1) is 12.1 Å². The Labute approximate surface area is 146 Å². The van der Waals surface area contributed by atoms with Crippen molar-refractivity contribution in [2.75, 3.05) is 13.1 Å². The third-order valence-electron chi connectivity index (χ3n) is 7.61. The van der Waals surface area contributed by atoms with E-state index >= 15 is 0 Å². The number of carbonyl (C=O) groups is 1. The molecule has 2 N–H and O–H groups in total. The Morgan fingerprint density at radius 3 is 2.00 bits per heavy atom. The summed E-state index contributed by atoms with van der Waals surface area (Å²) in [6.07, 6.45) is 9.71. The molecule has 4 saturated carbocycles. The zero-order valence-corrected chi connectivity index (χ0v) is 15.3. The second-order valence-electron chi connectivity index (χ2n) is 9.48. The predicted octanol–water partition coefficient (Wildman–Crippen LogP) is 2.55. The summed E-state index contributed by atoms with van der Waals surface area (Å²) in [7, 11) is 0. The molecular formula is C20H34N2O2. The van der Waals surface area contributed by atoms with Crippen LogP contribution in [0.5, 0.6) is 0 Å². The molecule has 0 radical (unpaired) electrons. The Kier molecular flexibility index (Phi) is 4.41. The number of piperidine rings is 1. The number of nitrogens with one attached hydrogen (secondary N) is 1. The highest BCUT2D eigenvalue weighted by molar-refractivity contribution is 5.82. The van der Waals surface area contributed by atoms with E-state index in [1.54, 1.807) is 0 Å². The molecule has 24 heavy (non-hydrogen) atoms. The molecule has 136 valence electrons.